The van der Waals surface area contributed by atoms with E-state index in [1.165, 1.54) is 11.3 Å². The molecule has 4 aromatic rings. The monoisotopic (exact) mass is 513 g/mol. The summed E-state index contributed by atoms with van der Waals surface area (Å²) in [5, 5.41) is 10.3. The number of para-hydroxylation sites is 1. The molecule has 2 aromatic carbocycles. The Hall–Kier alpha value is -3.95. The third-order valence-corrected chi connectivity index (χ3v) is 7.85. The molecule has 9 heteroatoms. The van der Waals surface area contributed by atoms with Gasteiger partial charge in [-0.2, -0.15) is 0 Å². The number of nitrogens with zero attached hydrogens (tertiary/aromatic N) is 2. The van der Waals surface area contributed by atoms with E-state index >= 15 is 0 Å². The van der Waals surface area contributed by atoms with Crippen LogP contribution in [0.5, 0.6) is 11.5 Å². The van der Waals surface area contributed by atoms with Crippen molar-refractivity contribution in [2.45, 2.75) is 32.2 Å². The van der Waals surface area contributed by atoms with Crippen molar-refractivity contribution in [2.24, 2.45) is 0 Å². The zero-order valence-corrected chi connectivity index (χ0v) is 21.2. The van der Waals surface area contributed by atoms with Crippen LogP contribution in [0.4, 0.5) is 21.9 Å². The van der Waals surface area contributed by atoms with Crippen molar-refractivity contribution in [3.05, 3.63) is 71.2 Å². The molecular formula is C28H27N5O3S. The Balaban J connectivity index is 1.33. The van der Waals surface area contributed by atoms with Gasteiger partial charge in [0, 0.05) is 12.2 Å². The summed E-state index contributed by atoms with van der Waals surface area (Å²) < 4.78 is 5.97. The number of thiophene rings is 1. The maximum Gasteiger partial charge on any atom is 0.331 e. The highest BCUT2D eigenvalue weighted by Gasteiger charge is 2.33. The number of nitrogens with one attached hydrogen (secondary N) is 3. The molecule has 3 amide bonds. The lowest BCUT2D eigenvalue weighted by Crippen LogP contribution is -2.37. The second kappa shape index (κ2) is 9.84. The average molecular weight is 514 g/mol. The average Bonchev–Trinajstić information content (AvgIpc) is 3.07. The molecule has 8 nitrogen and oxygen atoms in total. The standard InChI is InChI=1S/C28H27N5O3S/c1-17-16-20(36-19-7-3-2-4-8-19)9-10-21(17)33-22-12-15-30-27-23(22)24(32-28(33)35)25(37-27)26(34)31-18-6-5-13-29-14-11-18/h2-4,7-10,12,15-16,18,29H,5-6,11,13-14H2,1H3,(H,31,34)(H,32,35). The first-order valence-electron chi connectivity index (χ1n) is 12.5. The van der Waals surface area contributed by atoms with E-state index in [4.69, 9.17) is 4.74 Å². The maximum absolute atomic E-state index is 13.5. The summed E-state index contributed by atoms with van der Waals surface area (Å²) in [4.78, 5) is 34.1. The minimum Gasteiger partial charge on any atom is -0.457 e. The lowest BCUT2D eigenvalue weighted by atomic mass is 10.1. The number of carbonyl (C=O) groups is 2. The number of hydrogen-bond donors (Lipinski definition) is 3. The molecule has 3 N–H and O–H groups in total. The van der Waals surface area contributed by atoms with Crippen LogP contribution in [0.25, 0.3) is 10.2 Å². The topological polar surface area (TPSA) is 95.6 Å². The molecule has 1 saturated heterocycles. The van der Waals surface area contributed by atoms with E-state index in [9.17, 15) is 9.59 Å². The fourth-order valence-corrected chi connectivity index (χ4v) is 5.99. The van der Waals surface area contributed by atoms with Crippen LogP contribution in [0.3, 0.4) is 0 Å². The van der Waals surface area contributed by atoms with E-state index in [-0.39, 0.29) is 18.0 Å². The molecule has 4 heterocycles. The predicted octanol–water partition coefficient (Wildman–Crippen LogP) is 5.95. The number of carbonyl (C=O) groups excluding carboxylic acids is 2. The number of pyridine rings is 1. The number of amides is 3. The first kappa shape index (κ1) is 23.4. The van der Waals surface area contributed by atoms with Crippen molar-refractivity contribution in [2.75, 3.05) is 23.3 Å². The van der Waals surface area contributed by atoms with E-state index in [2.05, 4.69) is 20.9 Å². The molecule has 2 aliphatic rings. The van der Waals surface area contributed by atoms with Gasteiger partial charge in [-0.25, -0.2) is 9.78 Å². The van der Waals surface area contributed by atoms with E-state index in [1.807, 2.05) is 61.5 Å². The molecule has 1 fully saturated rings. The first-order chi connectivity index (χ1) is 18.1. The summed E-state index contributed by atoms with van der Waals surface area (Å²) >= 11 is 1.31. The normalized spacial score (nSPS) is 17.3. The number of aryl methyl sites for hydroxylation is 1. The Kier molecular flexibility index (Phi) is 6.23. The molecule has 6 rings (SSSR count). The Morgan fingerprint density at radius 2 is 1.95 bits per heavy atom. The Labute approximate surface area is 218 Å². The van der Waals surface area contributed by atoms with Crippen molar-refractivity contribution in [3.63, 3.8) is 0 Å². The molecule has 0 bridgehead atoms. The molecule has 37 heavy (non-hydrogen) atoms. The highest BCUT2D eigenvalue weighted by molar-refractivity contribution is 7.21. The molecule has 0 aliphatic carbocycles. The van der Waals surface area contributed by atoms with Crippen LogP contribution in [0.15, 0.2) is 60.8 Å². The van der Waals surface area contributed by atoms with Crippen molar-refractivity contribution in [3.8, 4) is 11.5 Å². The first-order valence-corrected chi connectivity index (χ1v) is 13.3. The van der Waals surface area contributed by atoms with Crippen molar-refractivity contribution < 1.29 is 14.3 Å². The smallest absolute Gasteiger partial charge is 0.331 e. The van der Waals surface area contributed by atoms with E-state index in [0.29, 0.717) is 26.8 Å². The SMILES string of the molecule is Cc1cc(Oc2ccccc2)ccc1N1C(=O)Nc2c(C(=O)NC3CCCNCC3)sc3nccc1c23. The summed E-state index contributed by atoms with van der Waals surface area (Å²) in [6.07, 6.45) is 4.53. The van der Waals surface area contributed by atoms with E-state index < -0.39 is 0 Å². The van der Waals surface area contributed by atoms with Crippen LogP contribution in [-0.2, 0) is 0 Å². The van der Waals surface area contributed by atoms with Crippen molar-refractivity contribution in [1.82, 2.24) is 15.6 Å². The van der Waals surface area contributed by atoms with Gasteiger partial charge in [-0.3, -0.25) is 9.69 Å². The maximum atomic E-state index is 13.5. The second-order valence-electron chi connectivity index (χ2n) is 9.30. The van der Waals surface area contributed by atoms with Gasteiger partial charge in [0.05, 0.1) is 22.4 Å². The van der Waals surface area contributed by atoms with Gasteiger partial charge in [0.1, 0.15) is 21.2 Å². The van der Waals surface area contributed by atoms with Gasteiger partial charge in [-0.05, 0) is 81.2 Å². The molecule has 2 aliphatic heterocycles. The zero-order valence-electron chi connectivity index (χ0n) is 20.4. The summed E-state index contributed by atoms with van der Waals surface area (Å²) in [5.74, 6) is 1.27. The van der Waals surface area contributed by atoms with Crippen LogP contribution in [0, 0.1) is 6.92 Å². The minimum atomic E-state index is -0.314. The fourth-order valence-electron chi connectivity index (χ4n) is 4.96. The third-order valence-electron chi connectivity index (χ3n) is 6.75. The lowest BCUT2D eigenvalue weighted by molar-refractivity contribution is 0.0939. The van der Waals surface area contributed by atoms with Crippen LogP contribution < -0.4 is 25.6 Å². The molecule has 1 atom stereocenters. The van der Waals surface area contributed by atoms with Gasteiger partial charge in [-0.15, -0.1) is 11.3 Å². The predicted molar refractivity (Wildman–Crippen MR) is 146 cm³/mol. The summed E-state index contributed by atoms with van der Waals surface area (Å²) in [6, 6.07) is 16.8. The number of anilines is 3. The van der Waals surface area contributed by atoms with Gasteiger partial charge in [0.15, 0.2) is 0 Å². The van der Waals surface area contributed by atoms with E-state index in [0.717, 1.165) is 54.7 Å². The van der Waals surface area contributed by atoms with Crippen LogP contribution in [0.2, 0.25) is 0 Å². The van der Waals surface area contributed by atoms with Crippen LogP contribution >= 0.6 is 11.3 Å². The Bertz CT molecular complexity index is 1480. The minimum absolute atomic E-state index is 0.113. The van der Waals surface area contributed by atoms with Gasteiger partial charge in [-0.1, -0.05) is 18.2 Å². The highest BCUT2D eigenvalue weighted by atomic mass is 32.1. The number of urea groups is 1. The number of benzene rings is 2. The van der Waals surface area contributed by atoms with Gasteiger partial charge in [0.25, 0.3) is 5.91 Å². The summed E-state index contributed by atoms with van der Waals surface area (Å²) in [6.45, 7) is 3.80. The second-order valence-corrected chi connectivity index (χ2v) is 10.3. The molecular weight excluding hydrogens is 486 g/mol. The van der Waals surface area contributed by atoms with Crippen LogP contribution in [0.1, 0.15) is 34.5 Å². The van der Waals surface area contributed by atoms with Crippen molar-refractivity contribution in [1.29, 1.82) is 0 Å². The third kappa shape index (κ3) is 4.52. The van der Waals surface area contributed by atoms with Gasteiger partial charge >= 0.3 is 6.03 Å². The van der Waals surface area contributed by atoms with Crippen LogP contribution in [-0.4, -0.2) is 36.1 Å². The highest BCUT2D eigenvalue weighted by Crippen LogP contribution is 2.46. The van der Waals surface area contributed by atoms with E-state index in [1.54, 1.807) is 11.1 Å². The Morgan fingerprint density at radius 3 is 2.78 bits per heavy atom. The van der Waals surface area contributed by atoms with Crippen molar-refractivity contribution >= 4 is 50.6 Å². The number of ether oxygens (including phenoxy) is 1. The lowest BCUT2D eigenvalue weighted by Gasteiger charge is -2.29. The fraction of sp³-hybridized carbons (Fsp3) is 0.250. The summed E-state index contributed by atoms with van der Waals surface area (Å²) in [7, 11) is 0. The number of hydrogen-bond acceptors (Lipinski definition) is 6. The zero-order chi connectivity index (χ0) is 25.4. The quantitative estimate of drug-likeness (QED) is 0.306. The summed E-state index contributed by atoms with van der Waals surface area (Å²) in [5.41, 5.74) is 2.86. The number of rotatable bonds is 5. The molecule has 1 unspecified atom stereocenters. The Morgan fingerprint density at radius 1 is 1.08 bits per heavy atom. The molecule has 2 aromatic heterocycles. The number of aromatic nitrogens is 1. The van der Waals surface area contributed by atoms with Gasteiger partial charge < -0.3 is 20.7 Å². The molecule has 0 spiro atoms. The van der Waals surface area contributed by atoms with Gasteiger partial charge in [0.2, 0.25) is 0 Å². The molecule has 0 saturated carbocycles. The molecule has 188 valence electrons. The largest absolute Gasteiger partial charge is 0.457 e. The molecule has 0 radical (unpaired) electrons.